The van der Waals surface area contributed by atoms with E-state index in [4.69, 9.17) is 4.74 Å². The lowest BCUT2D eigenvalue weighted by Crippen LogP contribution is -2.32. The van der Waals surface area contributed by atoms with Crippen LogP contribution in [0.25, 0.3) is 0 Å². The molecule has 3 heteroatoms. The first-order chi connectivity index (χ1) is 8.04. The molecule has 0 fully saturated rings. The fourth-order valence-electron chi connectivity index (χ4n) is 1.75. The van der Waals surface area contributed by atoms with Crippen molar-refractivity contribution >= 4 is 5.69 Å². The lowest BCUT2D eigenvalue weighted by molar-refractivity contribution is 0.411. The Hall–Kier alpha value is -1.22. The second kappa shape index (κ2) is 6.50. The van der Waals surface area contributed by atoms with Gasteiger partial charge in [-0.25, -0.2) is 0 Å². The van der Waals surface area contributed by atoms with Crippen LogP contribution in [0.4, 0.5) is 5.69 Å². The summed E-state index contributed by atoms with van der Waals surface area (Å²) in [5.74, 6) is 0.947. The molecule has 1 aromatic carbocycles. The van der Waals surface area contributed by atoms with E-state index in [0.29, 0.717) is 6.04 Å². The van der Waals surface area contributed by atoms with Gasteiger partial charge in [0.15, 0.2) is 0 Å². The Morgan fingerprint density at radius 3 is 2.59 bits per heavy atom. The quantitative estimate of drug-likeness (QED) is 0.821. The number of anilines is 1. The molecule has 0 spiro atoms. The van der Waals surface area contributed by atoms with Gasteiger partial charge in [0.25, 0.3) is 0 Å². The number of likely N-dealkylation sites (N-methyl/N-ethyl adjacent to an activating group) is 1. The van der Waals surface area contributed by atoms with E-state index >= 15 is 0 Å². The van der Waals surface area contributed by atoms with Gasteiger partial charge in [0, 0.05) is 31.9 Å². The first kappa shape index (κ1) is 13.8. The minimum Gasteiger partial charge on any atom is -0.496 e. The monoisotopic (exact) mass is 236 g/mol. The molecule has 0 aliphatic rings. The van der Waals surface area contributed by atoms with E-state index in [-0.39, 0.29) is 0 Å². The Labute approximate surface area is 105 Å². The highest BCUT2D eigenvalue weighted by Crippen LogP contribution is 2.23. The van der Waals surface area contributed by atoms with Crippen molar-refractivity contribution < 1.29 is 4.74 Å². The number of benzene rings is 1. The van der Waals surface area contributed by atoms with Gasteiger partial charge in [-0.15, -0.1) is 0 Å². The maximum Gasteiger partial charge on any atom is 0.121 e. The topological polar surface area (TPSA) is 24.5 Å². The third-order valence-electron chi connectivity index (χ3n) is 2.82. The predicted octanol–water partition coefficient (Wildman–Crippen LogP) is 2.44. The molecule has 0 aromatic heterocycles. The molecule has 0 bridgehead atoms. The van der Waals surface area contributed by atoms with E-state index in [1.807, 2.05) is 6.07 Å². The molecule has 0 aliphatic carbocycles. The zero-order chi connectivity index (χ0) is 12.8. The van der Waals surface area contributed by atoms with Crippen LogP contribution in [0.3, 0.4) is 0 Å². The van der Waals surface area contributed by atoms with Gasteiger partial charge in [-0.05, 0) is 30.7 Å². The van der Waals surface area contributed by atoms with Crippen LogP contribution in [0.15, 0.2) is 18.2 Å². The molecule has 96 valence electrons. The zero-order valence-electron chi connectivity index (χ0n) is 11.6. The molecule has 17 heavy (non-hydrogen) atoms. The van der Waals surface area contributed by atoms with Crippen molar-refractivity contribution in [3.63, 3.8) is 0 Å². The Morgan fingerprint density at radius 1 is 1.35 bits per heavy atom. The highest BCUT2D eigenvalue weighted by Gasteiger charge is 2.04. The predicted molar refractivity (Wildman–Crippen MR) is 74.1 cm³/mol. The van der Waals surface area contributed by atoms with Gasteiger partial charge in [-0.2, -0.15) is 0 Å². The number of rotatable bonds is 6. The normalized spacial score (nSPS) is 10.7. The smallest absolute Gasteiger partial charge is 0.121 e. The Morgan fingerprint density at radius 2 is 2.06 bits per heavy atom. The maximum atomic E-state index is 5.26. The first-order valence-corrected chi connectivity index (χ1v) is 6.13. The molecular formula is C14H24N2O. The minimum absolute atomic E-state index is 0.543. The van der Waals surface area contributed by atoms with Crippen molar-refractivity contribution in [3.05, 3.63) is 23.8 Å². The van der Waals surface area contributed by atoms with Crippen molar-refractivity contribution in [1.29, 1.82) is 0 Å². The fourth-order valence-corrected chi connectivity index (χ4v) is 1.75. The Bertz CT molecular complexity index is 350. The summed E-state index contributed by atoms with van der Waals surface area (Å²) in [7, 11) is 3.82. The van der Waals surface area contributed by atoms with Crippen LogP contribution in [-0.4, -0.2) is 33.3 Å². The summed E-state index contributed by atoms with van der Waals surface area (Å²) in [6.07, 6.45) is 0. The van der Waals surface area contributed by atoms with E-state index in [0.717, 1.165) is 18.8 Å². The highest BCUT2D eigenvalue weighted by molar-refractivity contribution is 5.52. The first-order valence-electron chi connectivity index (χ1n) is 6.13. The van der Waals surface area contributed by atoms with E-state index in [1.54, 1.807) is 7.11 Å². The maximum absolute atomic E-state index is 5.26. The summed E-state index contributed by atoms with van der Waals surface area (Å²) >= 11 is 0. The average Bonchev–Trinajstić information content (AvgIpc) is 2.28. The van der Waals surface area contributed by atoms with Crippen molar-refractivity contribution in [3.8, 4) is 5.75 Å². The van der Waals surface area contributed by atoms with Crippen molar-refractivity contribution in [1.82, 2.24) is 5.32 Å². The molecule has 1 aromatic rings. The molecule has 0 saturated heterocycles. The summed E-state index contributed by atoms with van der Waals surface area (Å²) in [5.41, 5.74) is 2.41. The Kier molecular flexibility index (Phi) is 5.29. The van der Waals surface area contributed by atoms with E-state index in [9.17, 15) is 0 Å². The van der Waals surface area contributed by atoms with Crippen LogP contribution in [0, 0.1) is 6.92 Å². The summed E-state index contributed by atoms with van der Waals surface area (Å²) in [4.78, 5) is 2.25. The summed E-state index contributed by atoms with van der Waals surface area (Å²) in [6.45, 7) is 8.40. The third kappa shape index (κ3) is 4.27. The van der Waals surface area contributed by atoms with Crippen LogP contribution in [0.2, 0.25) is 0 Å². The SMILES string of the molecule is COc1ccc(N(C)CCNC(C)C)cc1C. The summed E-state index contributed by atoms with van der Waals surface area (Å²) < 4.78 is 5.26. The number of aryl methyl sites for hydroxylation is 1. The second-order valence-corrected chi connectivity index (χ2v) is 4.68. The molecule has 1 rings (SSSR count). The number of ether oxygens (including phenoxy) is 1. The second-order valence-electron chi connectivity index (χ2n) is 4.68. The van der Waals surface area contributed by atoms with Crippen LogP contribution >= 0.6 is 0 Å². The van der Waals surface area contributed by atoms with Gasteiger partial charge in [0.05, 0.1) is 7.11 Å². The third-order valence-corrected chi connectivity index (χ3v) is 2.82. The molecule has 0 unspecified atom stereocenters. The number of hydrogen-bond acceptors (Lipinski definition) is 3. The zero-order valence-corrected chi connectivity index (χ0v) is 11.6. The summed E-state index contributed by atoms with van der Waals surface area (Å²) in [5, 5.41) is 3.42. The molecule has 0 radical (unpaired) electrons. The number of nitrogens with one attached hydrogen (secondary N) is 1. The van der Waals surface area contributed by atoms with E-state index in [2.05, 4.69) is 50.2 Å². The number of methoxy groups -OCH3 is 1. The van der Waals surface area contributed by atoms with Crippen LogP contribution in [-0.2, 0) is 0 Å². The van der Waals surface area contributed by atoms with Gasteiger partial charge in [0.2, 0.25) is 0 Å². The molecular weight excluding hydrogens is 212 g/mol. The van der Waals surface area contributed by atoms with Crippen LogP contribution in [0.1, 0.15) is 19.4 Å². The van der Waals surface area contributed by atoms with Crippen molar-refractivity contribution in [2.45, 2.75) is 26.8 Å². The average molecular weight is 236 g/mol. The molecule has 0 saturated carbocycles. The van der Waals surface area contributed by atoms with E-state index in [1.165, 1.54) is 11.3 Å². The summed E-state index contributed by atoms with van der Waals surface area (Å²) in [6, 6.07) is 6.83. The fraction of sp³-hybridized carbons (Fsp3) is 0.571. The van der Waals surface area contributed by atoms with E-state index < -0.39 is 0 Å². The molecule has 0 aliphatic heterocycles. The molecule has 0 heterocycles. The molecule has 1 N–H and O–H groups in total. The number of hydrogen-bond donors (Lipinski definition) is 1. The lowest BCUT2D eigenvalue weighted by Gasteiger charge is -2.21. The molecule has 3 nitrogen and oxygen atoms in total. The molecule has 0 atom stereocenters. The van der Waals surface area contributed by atoms with Gasteiger partial charge < -0.3 is 15.0 Å². The van der Waals surface area contributed by atoms with Gasteiger partial charge in [0.1, 0.15) is 5.75 Å². The van der Waals surface area contributed by atoms with Gasteiger partial charge in [-0.1, -0.05) is 13.8 Å². The lowest BCUT2D eigenvalue weighted by atomic mass is 10.2. The standard InChI is InChI=1S/C14H24N2O/c1-11(2)15-8-9-16(4)13-6-7-14(17-5)12(3)10-13/h6-7,10-11,15H,8-9H2,1-5H3. The largest absolute Gasteiger partial charge is 0.496 e. The van der Waals surface area contributed by atoms with Gasteiger partial charge >= 0.3 is 0 Å². The van der Waals surface area contributed by atoms with Crippen molar-refractivity contribution in [2.75, 3.05) is 32.1 Å². The highest BCUT2D eigenvalue weighted by atomic mass is 16.5. The number of nitrogens with zero attached hydrogens (tertiary/aromatic N) is 1. The Balaban J connectivity index is 2.57. The van der Waals surface area contributed by atoms with Crippen LogP contribution < -0.4 is 15.0 Å². The van der Waals surface area contributed by atoms with Crippen molar-refractivity contribution in [2.24, 2.45) is 0 Å². The van der Waals surface area contributed by atoms with Crippen LogP contribution in [0.5, 0.6) is 5.75 Å². The van der Waals surface area contributed by atoms with Gasteiger partial charge in [-0.3, -0.25) is 0 Å². The molecule has 0 amide bonds. The minimum atomic E-state index is 0.543.